The number of nitrogens with one attached hydrogen (secondary N) is 1. The summed E-state index contributed by atoms with van der Waals surface area (Å²) in [4.78, 5) is 22.4. The van der Waals surface area contributed by atoms with Crippen molar-refractivity contribution in [2.45, 2.75) is 24.3 Å². The maximum Gasteiger partial charge on any atom is 0.305 e. The Kier molecular flexibility index (Phi) is 5.28. The Hall–Kier alpha value is -2.13. The predicted octanol–water partition coefficient (Wildman–Crippen LogP) is -0.0644. The number of benzene rings is 1. The highest BCUT2D eigenvalue weighted by atomic mass is 32.2. The molecule has 0 aliphatic rings. The van der Waals surface area contributed by atoms with Crippen LogP contribution < -0.4 is 15.2 Å². The molecule has 21 heavy (non-hydrogen) atoms. The molecule has 0 heterocycles. The molecule has 1 unspecified atom stereocenters. The van der Waals surface area contributed by atoms with Crippen molar-refractivity contribution in [1.82, 2.24) is 5.32 Å². The number of hydrogen-bond donors (Lipinski definition) is 3. The van der Waals surface area contributed by atoms with Gasteiger partial charge in [-0.2, -0.15) is 0 Å². The zero-order valence-electron chi connectivity index (χ0n) is 11.5. The van der Waals surface area contributed by atoms with Crippen LogP contribution in [0.15, 0.2) is 23.1 Å². The molecule has 1 aromatic rings. The highest BCUT2D eigenvalue weighted by Crippen LogP contribution is 2.22. The number of carboxylic acids is 1. The van der Waals surface area contributed by atoms with Gasteiger partial charge in [-0.3, -0.25) is 9.59 Å². The van der Waals surface area contributed by atoms with Crippen LogP contribution in [0.1, 0.15) is 23.7 Å². The summed E-state index contributed by atoms with van der Waals surface area (Å²) in [6.07, 6.45) is -0.261. The van der Waals surface area contributed by atoms with Gasteiger partial charge in [-0.05, 0) is 25.1 Å². The van der Waals surface area contributed by atoms with Gasteiger partial charge in [0.1, 0.15) is 5.75 Å². The molecule has 8 nitrogen and oxygen atoms in total. The Labute approximate surface area is 122 Å². The number of primary sulfonamides is 1. The van der Waals surface area contributed by atoms with Gasteiger partial charge in [0.25, 0.3) is 5.91 Å². The zero-order valence-corrected chi connectivity index (χ0v) is 12.3. The molecule has 0 aliphatic carbocycles. The molecule has 9 heteroatoms. The van der Waals surface area contributed by atoms with Crippen molar-refractivity contribution >= 4 is 21.9 Å². The molecule has 0 bridgehead atoms. The van der Waals surface area contributed by atoms with Crippen LogP contribution in [0.2, 0.25) is 0 Å². The van der Waals surface area contributed by atoms with E-state index in [-0.39, 0.29) is 22.6 Å². The number of amides is 1. The van der Waals surface area contributed by atoms with Crippen LogP contribution in [-0.4, -0.2) is 38.6 Å². The van der Waals surface area contributed by atoms with Crippen molar-refractivity contribution in [3.63, 3.8) is 0 Å². The van der Waals surface area contributed by atoms with Crippen molar-refractivity contribution in [2.75, 3.05) is 7.11 Å². The second-order valence-corrected chi connectivity index (χ2v) is 5.94. The molecule has 0 fully saturated rings. The average molecular weight is 316 g/mol. The maximum absolute atomic E-state index is 12.1. The number of aliphatic carboxylic acids is 1. The molecule has 0 aromatic heterocycles. The van der Waals surface area contributed by atoms with Crippen LogP contribution in [0.4, 0.5) is 0 Å². The number of nitrogens with two attached hydrogens (primary N) is 1. The van der Waals surface area contributed by atoms with Crippen LogP contribution in [-0.2, 0) is 14.8 Å². The van der Waals surface area contributed by atoms with E-state index in [1.807, 2.05) is 0 Å². The lowest BCUT2D eigenvalue weighted by Crippen LogP contribution is -2.34. The van der Waals surface area contributed by atoms with Gasteiger partial charge in [0.15, 0.2) is 0 Å². The largest absolute Gasteiger partial charge is 0.496 e. The Morgan fingerprint density at radius 1 is 1.43 bits per heavy atom. The fourth-order valence-corrected chi connectivity index (χ4v) is 2.20. The van der Waals surface area contributed by atoms with E-state index in [0.717, 1.165) is 6.07 Å². The molecule has 0 spiro atoms. The SMILES string of the molecule is COc1ccc(S(N)(=O)=O)cc1C(=O)NC(C)CC(=O)O. The first-order chi connectivity index (χ1) is 9.65. The number of sulfonamides is 1. The summed E-state index contributed by atoms with van der Waals surface area (Å²) in [5, 5.41) is 16.1. The summed E-state index contributed by atoms with van der Waals surface area (Å²) in [5.41, 5.74) is -0.0405. The smallest absolute Gasteiger partial charge is 0.305 e. The second kappa shape index (κ2) is 6.55. The van der Waals surface area contributed by atoms with Crippen molar-refractivity contribution < 1.29 is 27.9 Å². The normalized spacial score (nSPS) is 12.5. The van der Waals surface area contributed by atoms with E-state index in [2.05, 4.69) is 5.32 Å². The Balaban J connectivity index is 3.09. The molecule has 4 N–H and O–H groups in total. The lowest BCUT2D eigenvalue weighted by molar-refractivity contribution is -0.137. The number of methoxy groups -OCH3 is 1. The van der Waals surface area contributed by atoms with Gasteiger partial charge in [0.05, 0.1) is 24.0 Å². The van der Waals surface area contributed by atoms with E-state index in [4.69, 9.17) is 15.0 Å². The van der Waals surface area contributed by atoms with E-state index in [1.165, 1.54) is 26.2 Å². The minimum absolute atomic E-state index is 0.0405. The van der Waals surface area contributed by atoms with E-state index >= 15 is 0 Å². The first-order valence-corrected chi connectivity index (χ1v) is 7.43. The molecule has 0 saturated carbocycles. The highest BCUT2D eigenvalue weighted by Gasteiger charge is 2.19. The van der Waals surface area contributed by atoms with Gasteiger partial charge >= 0.3 is 5.97 Å². The Bertz CT molecular complexity index is 656. The van der Waals surface area contributed by atoms with Crippen molar-refractivity contribution in [1.29, 1.82) is 0 Å². The van der Waals surface area contributed by atoms with Gasteiger partial charge in [-0.15, -0.1) is 0 Å². The fourth-order valence-electron chi connectivity index (χ4n) is 1.66. The van der Waals surface area contributed by atoms with Gasteiger partial charge in [-0.25, -0.2) is 13.6 Å². The third kappa shape index (κ3) is 4.72. The van der Waals surface area contributed by atoms with Crippen LogP contribution in [0, 0.1) is 0 Å². The molecule has 1 aromatic carbocycles. The quantitative estimate of drug-likeness (QED) is 0.672. The lowest BCUT2D eigenvalue weighted by Gasteiger charge is -2.14. The molecule has 1 amide bonds. The number of hydrogen-bond acceptors (Lipinski definition) is 5. The van der Waals surface area contributed by atoms with Crippen LogP contribution in [0.3, 0.4) is 0 Å². The third-order valence-electron chi connectivity index (χ3n) is 2.60. The van der Waals surface area contributed by atoms with Gasteiger partial charge in [-0.1, -0.05) is 0 Å². The number of ether oxygens (including phenoxy) is 1. The Morgan fingerprint density at radius 3 is 2.52 bits per heavy atom. The van der Waals surface area contributed by atoms with Gasteiger partial charge in [0, 0.05) is 6.04 Å². The molecule has 1 rings (SSSR count). The third-order valence-corrected chi connectivity index (χ3v) is 3.51. The summed E-state index contributed by atoms with van der Waals surface area (Å²) >= 11 is 0. The maximum atomic E-state index is 12.1. The highest BCUT2D eigenvalue weighted by molar-refractivity contribution is 7.89. The van der Waals surface area contributed by atoms with Crippen molar-refractivity contribution in [3.05, 3.63) is 23.8 Å². The first kappa shape index (κ1) is 16.9. The van der Waals surface area contributed by atoms with E-state index in [0.29, 0.717) is 0 Å². The monoisotopic (exact) mass is 316 g/mol. The predicted molar refractivity (Wildman–Crippen MR) is 73.5 cm³/mol. The second-order valence-electron chi connectivity index (χ2n) is 4.38. The number of carbonyl (C=O) groups excluding carboxylic acids is 1. The summed E-state index contributed by atoms with van der Waals surface area (Å²) in [7, 11) is -2.64. The molecule has 1 atom stereocenters. The van der Waals surface area contributed by atoms with Gasteiger partial charge in [0.2, 0.25) is 10.0 Å². The average Bonchev–Trinajstić information content (AvgIpc) is 2.35. The number of carbonyl (C=O) groups is 2. The summed E-state index contributed by atoms with van der Waals surface area (Å²) in [5.74, 6) is -1.55. The standard InChI is InChI=1S/C12H16N2O6S/c1-7(5-11(15)16)14-12(17)9-6-8(21(13,18)19)3-4-10(9)20-2/h3-4,6-7H,5H2,1-2H3,(H,14,17)(H,15,16)(H2,13,18,19). The van der Waals surface area contributed by atoms with Crippen LogP contribution >= 0.6 is 0 Å². The molecule has 0 aliphatic heterocycles. The minimum atomic E-state index is -3.96. The fraction of sp³-hybridized carbons (Fsp3) is 0.333. The first-order valence-electron chi connectivity index (χ1n) is 5.88. The van der Waals surface area contributed by atoms with Crippen LogP contribution in [0.25, 0.3) is 0 Å². The van der Waals surface area contributed by atoms with E-state index in [9.17, 15) is 18.0 Å². The molecule has 0 radical (unpaired) electrons. The zero-order chi connectivity index (χ0) is 16.2. The number of carboxylic acid groups (broad SMARTS) is 1. The summed E-state index contributed by atoms with van der Waals surface area (Å²) in [6, 6.07) is 2.97. The molecule has 116 valence electrons. The topological polar surface area (TPSA) is 136 Å². The molecular weight excluding hydrogens is 300 g/mol. The van der Waals surface area contributed by atoms with E-state index in [1.54, 1.807) is 0 Å². The number of rotatable bonds is 6. The summed E-state index contributed by atoms with van der Waals surface area (Å²) in [6.45, 7) is 1.52. The molecular formula is C12H16N2O6S. The summed E-state index contributed by atoms with van der Waals surface area (Å²) < 4.78 is 27.6. The lowest BCUT2D eigenvalue weighted by atomic mass is 10.1. The Morgan fingerprint density at radius 2 is 2.05 bits per heavy atom. The van der Waals surface area contributed by atoms with Gasteiger partial charge < -0.3 is 15.2 Å². The van der Waals surface area contributed by atoms with E-state index < -0.39 is 27.9 Å². The minimum Gasteiger partial charge on any atom is -0.496 e. The molecule has 0 saturated heterocycles. The van der Waals surface area contributed by atoms with Crippen molar-refractivity contribution in [2.24, 2.45) is 5.14 Å². The van der Waals surface area contributed by atoms with Crippen LogP contribution in [0.5, 0.6) is 5.75 Å². The van der Waals surface area contributed by atoms with Crippen molar-refractivity contribution in [3.8, 4) is 5.75 Å².